The molecule has 3 heteroatoms. The van der Waals surface area contributed by atoms with Gasteiger partial charge in [0.25, 0.3) is 0 Å². The van der Waals surface area contributed by atoms with E-state index in [1.54, 1.807) is 0 Å². The van der Waals surface area contributed by atoms with Crippen molar-refractivity contribution in [2.24, 2.45) is 28.6 Å². The minimum Gasteiger partial charge on any atom is -0.462 e. The van der Waals surface area contributed by atoms with Gasteiger partial charge >= 0.3 is 5.97 Å². The summed E-state index contributed by atoms with van der Waals surface area (Å²) in [5.74, 6) is 2.41. The monoisotopic (exact) mass is 344 g/mol. The van der Waals surface area contributed by atoms with Crippen LogP contribution in [0.4, 0.5) is 0 Å². The lowest BCUT2D eigenvalue weighted by Crippen LogP contribution is -2.51. The number of carbonyl (C=O) groups is 2. The van der Waals surface area contributed by atoms with Crippen molar-refractivity contribution in [3.8, 4) is 0 Å². The first-order chi connectivity index (χ1) is 11.9. The molecule has 3 fully saturated rings. The van der Waals surface area contributed by atoms with E-state index in [0.717, 1.165) is 38.0 Å². The van der Waals surface area contributed by atoms with E-state index >= 15 is 0 Å². The molecule has 3 saturated carbocycles. The molecule has 0 aromatic rings. The number of rotatable bonds is 2. The van der Waals surface area contributed by atoms with Crippen molar-refractivity contribution in [2.45, 2.75) is 84.7 Å². The molecule has 0 aromatic carbocycles. The van der Waals surface area contributed by atoms with Gasteiger partial charge in [-0.1, -0.05) is 26.3 Å². The van der Waals surface area contributed by atoms with Crippen LogP contribution in [0, 0.1) is 28.6 Å². The summed E-state index contributed by atoms with van der Waals surface area (Å²) in [6, 6.07) is 0. The van der Waals surface area contributed by atoms with Gasteiger partial charge in [0.1, 0.15) is 6.10 Å². The molecule has 0 N–H and O–H groups in total. The lowest BCUT2D eigenvalue weighted by atomic mass is 9.47. The Bertz CT molecular complexity index is 621. The van der Waals surface area contributed by atoms with Gasteiger partial charge in [0.2, 0.25) is 0 Å². The minimum atomic E-state index is -0.0411. The van der Waals surface area contributed by atoms with Crippen molar-refractivity contribution in [3.63, 3.8) is 0 Å². The summed E-state index contributed by atoms with van der Waals surface area (Å²) in [7, 11) is 0. The largest absolute Gasteiger partial charge is 0.462 e. The Morgan fingerprint density at radius 3 is 2.68 bits per heavy atom. The average molecular weight is 344 g/mol. The van der Waals surface area contributed by atoms with Crippen LogP contribution in [0.2, 0.25) is 0 Å². The van der Waals surface area contributed by atoms with Gasteiger partial charge < -0.3 is 4.74 Å². The molecule has 0 aliphatic heterocycles. The summed E-state index contributed by atoms with van der Waals surface area (Å²) in [6.07, 6.45) is 11.3. The summed E-state index contributed by atoms with van der Waals surface area (Å²) in [6.45, 7) is 6.69. The van der Waals surface area contributed by atoms with Crippen LogP contribution in [0.5, 0.6) is 0 Å². The second-order valence-electron chi connectivity index (χ2n) is 9.42. The lowest BCUT2D eigenvalue weighted by molar-refractivity contribution is -0.159. The van der Waals surface area contributed by atoms with Crippen LogP contribution in [0.25, 0.3) is 0 Å². The second-order valence-corrected chi connectivity index (χ2v) is 9.42. The van der Waals surface area contributed by atoms with Gasteiger partial charge in [-0.15, -0.1) is 0 Å². The van der Waals surface area contributed by atoms with Crippen LogP contribution in [0.1, 0.15) is 78.6 Å². The third-order valence-electron chi connectivity index (χ3n) is 8.44. The highest BCUT2D eigenvalue weighted by molar-refractivity contribution is 5.91. The van der Waals surface area contributed by atoms with E-state index in [9.17, 15) is 9.59 Å². The van der Waals surface area contributed by atoms with Crippen molar-refractivity contribution in [3.05, 3.63) is 11.6 Å². The van der Waals surface area contributed by atoms with Gasteiger partial charge in [-0.25, -0.2) is 0 Å². The SMILES string of the molecule is CCC(=O)O[C@@H]1CC[C@H]2[C@@H]3CCC4=CC(=O)CC[C@]4(C)[C@H]3CC[C@]12C. The Hall–Kier alpha value is -1.12. The molecule has 0 unspecified atom stereocenters. The molecule has 4 aliphatic carbocycles. The molecule has 0 radical (unpaired) electrons. The van der Waals surface area contributed by atoms with E-state index in [0.29, 0.717) is 24.0 Å². The van der Waals surface area contributed by atoms with E-state index in [4.69, 9.17) is 4.74 Å². The maximum Gasteiger partial charge on any atom is 0.305 e. The van der Waals surface area contributed by atoms with Crippen molar-refractivity contribution in [2.75, 3.05) is 0 Å². The summed E-state index contributed by atoms with van der Waals surface area (Å²) in [5, 5.41) is 0. The van der Waals surface area contributed by atoms with Crippen LogP contribution >= 0.6 is 0 Å². The molecule has 3 nitrogen and oxygen atoms in total. The number of allylic oxidation sites excluding steroid dienone is 1. The molecule has 4 rings (SSSR count). The minimum absolute atomic E-state index is 0.0411. The highest BCUT2D eigenvalue weighted by atomic mass is 16.5. The number of esters is 1. The Morgan fingerprint density at radius 1 is 1.12 bits per heavy atom. The van der Waals surface area contributed by atoms with E-state index in [-0.39, 0.29) is 22.9 Å². The molecule has 0 heterocycles. The van der Waals surface area contributed by atoms with Crippen molar-refractivity contribution >= 4 is 11.8 Å². The first kappa shape index (κ1) is 17.3. The fraction of sp³-hybridized carbons (Fsp3) is 0.818. The maximum atomic E-state index is 11.9. The van der Waals surface area contributed by atoms with E-state index in [2.05, 4.69) is 13.8 Å². The second kappa shape index (κ2) is 5.96. The fourth-order valence-corrected chi connectivity index (χ4v) is 6.95. The molecular weight excluding hydrogens is 312 g/mol. The van der Waals surface area contributed by atoms with Gasteiger partial charge in [-0.2, -0.15) is 0 Å². The molecule has 0 saturated heterocycles. The number of hydrogen-bond donors (Lipinski definition) is 0. The van der Waals surface area contributed by atoms with Crippen molar-refractivity contribution < 1.29 is 14.3 Å². The standard InChI is InChI=1S/C22H32O3/c1-4-20(24)25-19-8-7-17-16-6-5-14-13-15(23)9-11-21(14,2)18(16)10-12-22(17,19)3/h13,16-19H,4-12H2,1-3H3/t16-,17-,18-,19+,21-,22-/m0/s1. The number of hydrogen-bond acceptors (Lipinski definition) is 3. The molecule has 138 valence electrons. The zero-order valence-electron chi connectivity index (χ0n) is 16.0. The molecular formula is C22H32O3. The van der Waals surface area contributed by atoms with E-state index < -0.39 is 0 Å². The van der Waals surface area contributed by atoms with Crippen molar-refractivity contribution in [1.29, 1.82) is 0 Å². The highest BCUT2D eigenvalue weighted by Crippen LogP contribution is 2.65. The predicted octanol–water partition coefficient (Wildman–Crippen LogP) is 4.84. The normalized spacial score (nSPS) is 45.9. The zero-order valence-corrected chi connectivity index (χ0v) is 16.0. The average Bonchev–Trinajstić information content (AvgIpc) is 2.92. The summed E-state index contributed by atoms with van der Waals surface area (Å²) in [4.78, 5) is 23.8. The Morgan fingerprint density at radius 2 is 1.92 bits per heavy atom. The quantitative estimate of drug-likeness (QED) is 0.673. The van der Waals surface area contributed by atoms with Crippen LogP contribution < -0.4 is 0 Å². The van der Waals surface area contributed by atoms with Crippen molar-refractivity contribution in [1.82, 2.24) is 0 Å². The Labute approximate surface area is 151 Å². The third-order valence-corrected chi connectivity index (χ3v) is 8.44. The van der Waals surface area contributed by atoms with Gasteiger partial charge in [-0.05, 0) is 74.2 Å². The summed E-state index contributed by atoms with van der Waals surface area (Å²) in [5.41, 5.74) is 1.82. The highest BCUT2D eigenvalue weighted by Gasteiger charge is 2.59. The zero-order chi connectivity index (χ0) is 17.8. The van der Waals surface area contributed by atoms with Crippen LogP contribution in [0.15, 0.2) is 11.6 Å². The first-order valence-electron chi connectivity index (χ1n) is 10.3. The first-order valence-corrected chi connectivity index (χ1v) is 10.3. The van der Waals surface area contributed by atoms with Crippen LogP contribution in [-0.4, -0.2) is 17.9 Å². The fourth-order valence-electron chi connectivity index (χ4n) is 6.95. The topological polar surface area (TPSA) is 43.4 Å². The molecule has 0 aromatic heterocycles. The molecule has 6 atom stereocenters. The van der Waals surface area contributed by atoms with Crippen LogP contribution in [0.3, 0.4) is 0 Å². The number of fused-ring (bicyclic) bond motifs is 5. The third kappa shape index (κ3) is 2.52. The Balaban J connectivity index is 1.59. The molecule has 25 heavy (non-hydrogen) atoms. The van der Waals surface area contributed by atoms with Gasteiger partial charge in [-0.3, -0.25) is 9.59 Å². The molecule has 0 spiro atoms. The molecule has 0 bridgehead atoms. The molecule has 0 amide bonds. The van der Waals surface area contributed by atoms with E-state index in [1.165, 1.54) is 24.8 Å². The lowest BCUT2D eigenvalue weighted by Gasteiger charge is -2.57. The summed E-state index contributed by atoms with van der Waals surface area (Å²) >= 11 is 0. The maximum absolute atomic E-state index is 11.9. The number of ether oxygens (including phenoxy) is 1. The number of carbonyl (C=O) groups excluding carboxylic acids is 2. The van der Waals surface area contributed by atoms with Gasteiger partial charge in [0.05, 0.1) is 0 Å². The summed E-state index contributed by atoms with van der Waals surface area (Å²) < 4.78 is 5.86. The Kier molecular flexibility index (Phi) is 4.12. The predicted molar refractivity (Wildman–Crippen MR) is 96.9 cm³/mol. The van der Waals surface area contributed by atoms with Gasteiger partial charge in [0, 0.05) is 18.3 Å². The smallest absolute Gasteiger partial charge is 0.305 e. The van der Waals surface area contributed by atoms with Gasteiger partial charge in [0.15, 0.2) is 5.78 Å². The number of ketones is 1. The van der Waals surface area contributed by atoms with E-state index in [1.807, 2.05) is 13.0 Å². The van der Waals surface area contributed by atoms with Crippen LogP contribution in [-0.2, 0) is 14.3 Å². The molecule has 4 aliphatic rings.